The number of carbonyl (C=O) groups is 1. The number of pyridine rings is 1. The number of rotatable bonds is 1. The van der Waals surface area contributed by atoms with Crippen LogP contribution in [0.15, 0.2) is 42.7 Å². The van der Waals surface area contributed by atoms with Gasteiger partial charge in [0.2, 0.25) is 0 Å². The number of aldehydes is 1. The van der Waals surface area contributed by atoms with Gasteiger partial charge < -0.3 is 0 Å². The molecule has 1 heterocycles. The molecule has 0 spiro atoms. The fraction of sp³-hybridized carbons (Fsp3) is 0. The third-order valence-corrected chi connectivity index (χ3v) is 2.24. The van der Waals surface area contributed by atoms with Crippen molar-refractivity contribution in [2.24, 2.45) is 0 Å². The van der Waals surface area contributed by atoms with Crippen molar-refractivity contribution in [1.82, 2.24) is 4.98 Å². The van der Waals surface area contributed by atoms with E-state index in [0.717, 1.165) is 11.8 Å². The average Bonchev–Trinajstić information content (AvgIpc) is 2.45. The van der Waals surface area contributed by atoms with Crippen molar-refractivity contribution in [3.8, 4) is 17.9 Å². The Bertz CT molecular complexity index is 687. The van der Waals surface area contributed by atoms with Crippen molar-refractivity contribution in [1.29, 1.82) is 5.26 Å². The van der Waals surface area contributed by atoms with Gasteiger partial charge >= 0.3 is 0 Å². The van der Waals surface area contributed by atoms with Crippen LogP contribution in [0.3, 0.4) is 0 Å². The molecule has 0 aliphatic carbocycles. The molecule has 0 aliphatic heterocycles. The summed E-state index contributed by atoms with van der Waals surface area (Å²) in [7, 11) is 0. The first-order valence-corrected chi connectivity index (χ1v) is 5.24. The van der Waals surface area contributed by atoms with Crippen molar-refractivity contribution < 1.29 is 4.79 Å². The van der Waals surface area contributed by atoms with E-state index in [2.05, 4.69) is 22.9 Å². The predicted octanol–water partition coefficient (Wildman–Crippen LogP) is 2.17. The summed E-state index contributed by atoms with van der Waals surface area (Å²) in [6, 6.07) is 10.8. The maximum Gasteiger partial charge on any atom is 0.151 e. The summed E-state index contributed by atoms with van der Waals surface area (Å²) in [5.74, 6) is 5.84. The molecular formula is C15H8N2O. The highest BCUT2D eigenvalue weighted by atomic mass is 16.1. The predicted molar refractivity (Wildman–Crippen MR) is 66.8 cm³/mol. The van der Waals surface area contributed by atoms with Crippen LogP contribution in [0.25, 0.3) is 0 Å². The van der Waals surface area contributed by atoms with Gasteiger partial charge in [-0.25, -0.2) is 0 Å². The standard InChI is InChI=1S/C15H8N2O/c16-8-13-3-1-2-12(6-13)4-5-14-7-15(11-18)10-17-9-14/h1-3,6-7,9-11H. The van der Waals surface area contributed by atoms with Gasteiger partial charge in [0.25, 0.3) is 0 Å². The minimum Gasteiger partial charge on any atom is -0.298 e. The molecule has 0 saturated heterocycles. The summed E-state index contributed by atoms with van der Waals surface area (Å²) < 4.78 is 0. The first kappa shape index (κ1) is 11.6. The monoisotopic (exact) mass is 232 g/mol. The molecule has 18 heavy (non-hydrogen) atoms. The Balaban J connectivity index is 2.31. The van der Waals surface area contributed by atoms with Crippen LogP contribution < -0.4 is 0 Å². The minimum atomic E-state index is 0.493. The van der Waals surface area contributed by atoms with E-state index in [1.165, 1.54) is 6.20 Å². The molecule has 3 heteroatoms. The van der Waals surface area contributed by atoms with Gasteiger partial charge in [0.1, 0.15) is 0 Å². The smallest absolute Gasteiger partial charge is 0.151 e. The van der Waals surface area contributed by atoms with Crippen molar-refractivity contribution in [3.05, 3.63) is 65.0 Å². The fourth-order valence-corrected chi connectivity index (χ4v) is 1.40. The molecule has 3 nitrogen and oxygen atoms in total. The van der Waals surface area contributed by atoms with E-state index in [1.807, 2.05) is 6.07 Å². The van der Waals surface area contributed by atoms with Crippen molar-refractivity contribution in [2.75, 3.05) is 0 Å². The molecule has 0 N–H and O–H groups in total. The van der Waals surface area contributed by atoms with Gasteiger partial charge in [-0.3, -0.25) is 9.78 Å². The zero-order valence-electron chi connectivity index (χ0n) is 9.42. The lowest BCUT2D eigenvalue weighted by Gasteiger charge is -1.92. The summed E-state index contributed by atoms with van der Waals surface area (Å²) in [4.78, 5) is 14.5. The number of aromatic nitrogens is 1. The lowest BCUT2D eigenvalue weighted by atomic mass is 10.1. The molecule has 0 unspecified atom stereocenters. The van der Waals surface area contributed by atoms with E-state index in [0.29, 0.717) is 16.7 Å². The number of benzene rings is 1. The van der Waals surface area contributed by atoms with Crippen LogP contribution in [0.1, 0.15) is 27.0 Å². The first-order valence-electron chi connectivity index (χ1n) is 5.24. The summed E-state index contributed by atoms with van der Waals surface area (Å²) >= 11 is 0. The molecule has 0 aliphatic rings. The summed E-state index contributed by atoms with van der Waals surface area (Å²) in [6.07, 6.45) is 3.80. The van der Waals surface area contributed by atoms with Crippen LogP contribution in [0.2, 0.25) is 0 Å². The van der Waals surface area contributed by atoms with Crippen LogP contribution in [0.4, 0.5) is 0 Å². The van der Waals surface area contributed by atoms with E-state index < -0.39 is 0 Å². The Morgan fingerprint density at radius 2 is 1.83 bits per heavy atom. The van der Waals surface area contributed by atoms with Gasteiger partial charge in [-0.15, -0.1) is 0 Å². The Labute approximate surface area is 105 Å². The number of nitrogens with zero attached hydrogens (tertiary/aromatic N) is 2. The highest BCUT2D eigenvalue weighted by Gasteiger charge is 1.93. The van der Waals surface area contributed by atoms with Gasteiger partial charge in [-0.2, -0.15) is 5.26 Å². The van der Waals surface area contributed by atoms with E-state index in [9.17, 15) is 4.79 Å². The molecule has 0 bridgehead atoms. The third kappa shape index (κ3) is 2.81. The third-order valence-electron chi connectivity index (χ3n) is 2.24. The maximum absolute atomic E-state index is 10.6. The maximum atomic E-state index is 10.6. The molecule has 2 aromatic rings. The van der Waals surface area contributed by atoms with Crippen LogP contribution in [-0.2, 0) is 0 Å². The molecule has 0 amide bonds. The van der Waals surface area contributed by atoms with Gasteiger partial charge in [-0.05, 0) is 24.3 Å². The van der Waals surface area contributed by atoms with Gasteiger partial charge in [-0.1, -0.05) is 17.9 Å². The highest BCUT2D eigenvalue weighted by Crippen LogP contribution is 2.03. The molecular weight excluding hydrogens is 224 g/mol. The van der Waals surface area contributed by atoms with E-state index in [-0.39, 0.29) is 0 Å². The average molecular weight is 232 g/mol. The summed E-state index contributed by atoms with van der Waals surface area (Å²) in [5, 5.41) is 8.77. The van der Waals surface area contributed by atoms with Crippen LogP contribution >= 0.6 is 0 Å². The van der Waals surface area contributed by atoms with Gasteiger partial charge in [0.05, 0.1) is 11.6 Å². The number of hydrogen-bond acceptors (Lipinski definition) is 3. The molecule has 1 aromatic heterocycles. The van der Waals surface area contributed by atoms with Crippen molar-refractivity contribution in [3.63, 3.8) is 0 Å². The van der Waals surface area contributed by atoms with Crippen LogP contribution in [-0.4, -0.2) is 11.3 Å². The minimum absolute atomic E-state index is 0.493. The van der Waals surface area contributed by atoms with Gasteiger partial charge in [0.15, 0.2) is 6.29 Å². The normalized spacial score (nSPS) is 8.83. The van der Waals surface area contributed by atoms with Gasteiger partial charge in [0, 0.05) is 29.1 Å². The molecule has 84 valence electrons. The van der Waals surface area contributed by atoms with Crippen LogP contribution in [0.5, 0.6) is 0 Å². The van der Waals surface area contributed by atoms with E-state index in [4.69, 9.17) is 5.26 Å². The Hall–Kier alpha value is -2.91. The Kier molecular flexibility index (Phi) is 3.49. The number of nitriles is 1. The SMILES string of the molecule is N#Cc1cccc(C#Cc2cncc(C=O)c2)c1. The quantitative estimate of drug-likeness (QED) is 0.559. The largest absolute Gasteiger partial charge is 0.298 e. The molecule has 0 atom stereocenters. The second-order valence-corrected chi connectivity index (χ2v) is 3.57. The summed E-state index contributed by atoms with van der Waals surface area (Å²) in [5.41, 5.74) is 2.49. The fourth-order valence-electron chi connectivity index (χ4n) is 1.40. The Morgan fingerprint density at radius 3 is 2.61 bits per heavy atom. The second-order valence-electron chi connectivity index (χ2n) is 3.57. The molecule has 0 saturated carbocycles. The topological polar surface area (TPSA) is 53.8 Å². The zero-order chi connectivity index (χ0) is 12.8. The molecule has 0 fully saturated rings. The van der Waals surface area contributed by atoms with E-state index >= 15 is 0 Å². The molecule has 0 radical (unpaired) electrons. The second kappa shape index (κ2) is 5.43. The Morgan fingerprint density at radius 1 is 1.06 bits per heavy atom. The number of hydrogen-bond donors (Lipinski definition) is 0. The van der Waals surface area contributed by atoms with E-state index in [1.54, 1.807) is 30.5 Å². The lowest BCUT2D eigenvalue weighted by molar-refractivity contribution is 0.112. The molecule has 2 rings (SSSR count). The first-order chi connectivity index (χ1) is 8.81. The molecule has 1 aromatic carbocycles. The lowest BCUT2D eigenvalue weighted by Crippen LogP contribution is -1.85. The van der Waals surface area contributed by atoms with Crippen molar-refractivity contribution in [2.45, 2.75) is 0 Å². The highest BCUT2D eigenvalue weighted by molar-refractivity contribution is 5.74. The zero-order valence-corrected chi connectivity index (χ0v) is 9.42. The summed E-state index contributed by atoms with van der Waals surface area (Å²) in [6.45, 7) is 0. The van der Waals surface area contributed by atoms with Crippen molar-refractivity contribution >= 4 is 6.29 Å². The van der Waals surface area contributed by atoms with Crippen LogP contribution in [0, 0.1) is 23.2 Å². The number of carbonyl (C=O) groups excluding carboxylic acids is 1.